The van der Waals surface area contributed by atoms with Crippen molar-refractivity contribution in [1.82, 2.24) is 23.5 Å². The lowest BCUT2D eigenvalue weighted by Crippen LogP contribution is -2.41. The van der Waals surface area contributed by atoms with E-state index in [1.807, 2.05) is 0 Å². The number of nitrogens with zero attached hydrogens (tertiary/aromatic N) is 5. The molecule has 0 atom stereocenters. The molecule has 178 valence electrons. The van der Waals surface area contributed by atoms with Crippen molar-refractivity contribution >= 4 is 28.2 Å². The van der Waals surface area contributed by atoms with Crippen LogP contribution >= 0.6 is 11.3 Å². The molecule has 0 aliphatic rings. The van der Waals surface area contributed by atoms with Crippen molar-refractivity contribution in [3.05, 3.63) is 62.3 Å². The van der Waals surface area contributed by atoms with Crippen LogP contribution in [0.5, 0.6) is 5.75 Å². The maximum absolute atomic E-state index is 14.0. The second kappa shape index (κ2) is 8.40. The van der Waals surface area contributed by atoms with Gasteiger partial charge in [-0.1, -0.05) is 0 Å². The molecule has 3 heterocycles. The van der Waals surface area contributed by atoms with E-state index >= 15 is 0 Å². The van der Waals surface area contributed by atoms with Gasteiger partial charge in [0.2, 0.25) is 11.7 Å². The van der Waals surface area contributed by atoms with Gasteiger partial charge < -0.3 is 10.1 Å². The van der Waals surface area contributed by atoms with Crippen molar-refractivity contribution in [1.29, 1.82) is 0 Å². The van der Waals surface area contributed by atoms with Gasteiger partial charge in [-0.05, 0) is 18.2 Å². The Morgan fingerprint density at radius 1 is 1.18 bits per heavy atom. The fourth-order valence-corrected chi connectivity index (χ4v) is 3.88. The molecule has 1 amide bonds. The highest BCUT2D eigenvalue weighted by atomic mass is 32.1. The van der Waals surface area contributed by atoms with Gasteiger partial charge in [0.1, 0.15) is 0 Å². The largest absolute Gasteiger partial charge is 0.573 e. The summed E-state index contributed by atoms with van der Waals surface area (Å²) < 4.78 is 57.6. The van der Waals surface area contributed by atoms with Crippen molar-refractivity contribution in [3.8, 4) is 17.0 Å². The zero-order valence-corrected chi connectivity index (χ0v) is 18.2. The SMILES string of the molecule is Cn1c(=O)n(C)c2ncc(CC(=O)Nc3nc(-c4ccc(OC(F)(F)F)c(F)c4)cs3)n2c1=O. The standard InChI is InChI=1S/C19H14F4N6O4S/c1-27-16-24-7-10(29(16)18(32)28(2)17(27)31)6-14(30)26-15-25-12(8-34-15)9-3-4-13(11(20)5-9)33-19(21,22)23/h3-5,7-8H,6H2,1-2H3,(H,25,26,30). The summed E-state index contributed by atoms with van der Waals surface area (Å²) in [5.41, 5.74) is -0.590. The van der Waals surface area contributed by atoms with E-state index in [4.69, 9.17) is 0 Å². The predicted octanol–water partition coefficient (Wildman–Crippen LogP) is 2.07. The van der Waals surface area contributed by atoms with E-state index in [0.29, 0.717) is 0 Å². The van der Waals surface area contributed by atoms with E-state index in [9.17, 15) is 31.9 Å². The van der Waals surface area contributed by atoms with Crippen LogP contribution in [0.2, 0.25) is 0 Å². The zero-order chi connectivity index (χ0) is 24.8. The Bertz CT molecular complexity index is 1530. The topological polar surface area (TPSA) is 113 Å². The summed E-state index contributed by atoms with van der Waals surface area (Å²) in [4.78, 5) is 45.1. The number of alkyl halides is 3. The molecule has 4 rings (SSSR count). The molecule has 1 aromatic carbocycles. The maximum atomic E-state index is 14.0. The molecule has 0 aliphatic carbocycles. The van der Waals surface area contributed by atoms with Crippen molar-refractivity contribution in [2.24, 2.45) is 14.1 Å². The first-order valence-corrected chi connectivity index (χ1v) is 10.3. The Hall–Kier alpha value is -4.01. The Morgan fingerprint density at radius 2 is 1.91 bits per heavy atom. The molecule has 0 radical (unpaired) electrons. The van der Waals surface area contributed by atoms with Gasteiger partial charge in [-0.25, -0.2) is 32.9 Å². The summed E-state index contributed by atoms with van der Waals surface area (Å²) in [5.74, 6) is -2.67. The smallest absolute Gasteiger partial charge is 0.403 e. The van der Waals surface area contributed by atoms with E-state index < -0.39 is 35.2 Å². The number of thiazole rings is 1. The molecule has 0 unspecified atom stereocenters. The number of carbonyl (C=O) groups excluding carboxylic acids is 1. The molecular formula is C19H14F4N6O4S. The first-order valence-electron chi connectivity index (χ1n) is 9.38. The number of aromatic nitrogens is 5. The van der Waals surface area contributed by atoms with Crippen LogP contribution in [-0.2, 0) is 25.3 Å². The minimum Gasteiger partial charge on any atom is -0.403 e. The highest BCUT2D eigenvalue weighted by Gasteiger charge is 2.32. The zero-order valence-electron chi connectivity index (χ0n) is 17.4. The number of fused-ring (bicyclic) bond motifs is 1. The van der Waals surface area contributed by atoms with Crippen LogP contribution in [0.25, 0.3) is 17.0 Å². The van der Waals surface area contributed by atoms with Crippen molar-refractivity contribution < 1.29 is 27.1 Å². The lowest BCUT2D eigenvalue weighted by atomic mass is 10.1. The van der Waals surface area contributed by atoms with E-state index in [0.717, 1.165) is 32.4 Å². The van der Waals surface area contributed by atoms with Gasteiger partial charge in [0.25, 0.3) is 0 Å². The van der Waals surface area contributed by atoms with Crippen molar-refractivity contribution in [3.63, 3.8) is 0 Å². The molecule has 3 aromatic heterocycles. The number of nitrogens with one attached hydrogen (secondary N) is 1. The lowest BCUT2D eigenvalue weighted by Gasteiger charge is -2.10. The van der Waals surface area contributed by atoms with Crippen molar-refractivity contribution in [2.45, 2.75) is 12.8 Å². The average molecular weight is 498 g/mol. The maximum Gasteiger partial charge on any atom is 0.573 e. The average Bonchev–Trinajstić information content (AvgIpc) is 3.38. The monoisotopic (exact) mass is 498 g/mol. The fourth-order valence-electron chi connectivity index (χ4n) is 3.15. The van der Waals surface area contributed by atoms with Gasteiger partial charge in [-0.15, -0.1) is 24.5 Å². The summed E-state index contributed by atoms with van der Waals surface area (Å²) >= 11 is 1.01. The molecule has 15 heteroatoms. The highest BCUT2D eigenvalue weighted by Crippen LogP contribution is 2.31. The first-order chi connectivity index (χ1) is 15.9. The van der Waals surface area contributed by atoms with Crippen LogP contribution in [0.3, 0.4) is 0 Å². The third kappa shape index (κ3) is 4.41. The molecule has 0 bridgehead atoms. The van der Waals surface area contributed by atoms with Gasteiger partial charge >= 0.3 is 17.7 Å². The van der Waals surface area contributed by atoms with E-state index in [-0.39, 0.29) is 34.3 Å². The molecule has 1 N–H and O–H groups in total. The van der Waals surface area contributed by atoms with Crippen LogP contribution in [0.1, 0.15) is 5.69 Å². The molecule has 0 spiro atoms. The number of anilines is 1. The number of rotatable bonds is 5. The van der Waals surface area contributed by atoms with Crippen LogP contribution < -0.4 is 21.4 Å². The third-order valence-electron chi connectivity index (χ3n) is 4.71. The third-order valence-corrected chi connectivity index (χ3v) is 5.47. The fraction of sp³-hybridized carbons (Fsp3) is 0.211. The minimum absolute atomic E-state index is 0.0763. The summed E-state index contributed by atoms with van der Waals surface area (Å²) in [6.07, 6.45) is -3.99. The molecular weight excluding hydrogens is 484 g/mol. The Labute approximate surface area is 190 Å². The number of halogens is 4. The van der Waals surface area contributed by atoms with Gasteiger partial charge in [-0.2, -0.15) is 0 Å². The Balaban J connectivity index is 1.51. The number of aryl methyl sites for hydroxylation is 1. The van der Waals surface area contributed by atoms with E-state index in [2.05, 4.69) is 20.0 Å². The number of hydrogen-bond acceptors (Lipinski definition) is 7. The highest BCUT2D eigenvalue weighted by molar-refractivity contribution is 7.14. The summed E-state index contributed by atoms with van der Waals surface area (Å²) in [7, 11) is 2.74. The van der Waals surface area contributed by atoms with Gasteiger partial charge in [-0.3, -0.25) is 9.36 Å². The second-order valence-corrected chi connectivity index (χ2v) is 7.88. The normalized spacial score (nSPS) is 11.7. The number of ether oxygens (including phenoxy) is 1. The summed E-state index contributed by atoms with van der Waals surface area (Å²) in [5, 5.41) is 4.16. The van der Waals surface area contributed by atoms with Gasteiger partial charge in [0.05, 0.1) is 24.0 Å². The van der Waals surface area contributed by atoms with Crippen molar-refractivity contribution in [2.75, 3.05) is 5.32 Å². The second-order valence-electron chi connectivity index (χ2n) is 7.02. The van der Waals surface area contributed by atoms with Crippen LogP contribution in [0.15, 0.2) is 39.4 Å². The van der Waals surface area contributed by atoms with Gasteiger partial charge in [0.15, 0.2) is 16.7 Å². The van der Waals surface area contributed by atoms with E-state index in [1.54, 1.807) is 0 Å². The van der Waals surface area contributed by atoms with Crippen LogP contribution in [-0.4, -0.2) is 35.8 Å². The number of carbonyl (C=O) groups is 1. The summed E-state index contributed by atoms with van der Waals surface area (Å²) in [6, 6.07) is 2.86. The summed E-state index contributed by atoms with van der Waals surface area (Å²) in [6.45, 7) is 0. The van der Waals surface area contributed by atoms with Gasteiger partial charge in [0, 0.05) is 25.0 Å². The molecule has 0 fully saturated rings. The minimum atomic E-state index is -5.03. The number of imidazole rings is 1. The van der Waals surface area contributed by atoms with E-state index in [1.165, 1.54) is 36.3 Å². The predicted molar refractivity (Wildman–Crippen MR) is 112 cm³/mol. The number of hydrogen-bond donors (Lipinski definition) is 1. The molecule has 34 heavy (non-hydrogen) atoms. The quantitative estimate of drug-likeness (QED) is 0.422. The number of amides is 1. The molecule has 0 saturated heterocycles. The molecule has 4 aromatic rings. The molecule has 0 aliphatic heterocycles. The molecule has 0 saturated carbocycles. The lowest BCUT2D eigenvalue weighted by molar-refractivity contribution is -0.275. The number of benzene rings is 1. The molecule has 10 nitrogen and oxygen atoms in total. The Morgan fingerprint density at radius 3 is 2.59 bits per heavy atom. The van der Waals surface area contributed by atoms with Crippen LogP contribution in [0, 0.1) is 5.82 Å². The Kier molecular flexibility index (Phi) is 5.72. The van der Waals surface area contributed by atoms with Crippen LogP contribution in [0.4, 0.5) is 22.7 Å². The first kappa shape index (κ1) is 23.2.